The average Bonchev–Trinajstić information content (AvgIpc) is 3.14. The molecule has 5 nitrogen and oxygen atoms in total. The van der Waals surface area contributed by atoms with Gasteiger partial charge in [0.05, 0.1) is 12.8 Å². The number of anilines is 1. The van der Waals surface area contributed by atoms with Gasteiger partial charge in [0.2, 0.25) is 0 Å². The van der Waals surface area contributed by atoms with Crippen molar-refractivity contribution in [2.24, 2.45) is 0 Å². The number of carbonyl (C=O) groups excluding carboxylic acids is 1. The minimum Gasteiger partial charge on any atom is -0.495 e. The van der Waals surface area contributed by atoms with Crippen LogP contribution in [0.25, 0.3) is 0 Å². The van der Waals surface area contributed by atoms with E-state index in [1.54, 1.807) is 7.11 Å². The molecule has 0 saturated carbocycles. The summed E-state index contributed by atoms with van der Waals surface area (Å²) in [7, 11) is 1.59. The van der Waals surface area contributed by atoms with Crippen molar-refractivity contribution in [1.82, 2.24) is 10.2 Å². The van der Waals surface area contributed by atoms with Gasteiger partial charge in [0.15, 0.2) is 0 Å². The van der Waals surface area contributed by atoms with E-state index in [9.17, 15) is 4.79 Å². The van der Waals surface area contributed by atoms with Crippen molar-refractivity contribution in [2.45, 2.75) is 25.9 Å². The fraction of sp³-hybridized carbons (Fsp3) is 0.350. The summed E-state index contributed by atoms with van der Waals surface area (Å²) >= 11 is 0. The van der Waals surface area contributed by atoms with E-state index in [4.69, 9.17) is 4.74 Å². The van der Waals surface area contributed by atoms with Gasteiger partial charge >= 0.3 is 6.03 Å². The number of nitrogens with zero attached hydrogens (tertiary/aromatic N) is 1. The number of nitrogens with one attached hydrogen (secondary N) is 2. The zero-order valence-corrected chi connectivity index (χ0v) is 14.6. The molecule has 5 heteroatoms. The van der Waals surface area contributed by atoms with E-state index in [-0.39, 0.29) is 6.03 Å². The van der Waals surface area contributed by atoms with Gasteiger partial charge in [-0.15, -0.1) is 0 Å². The van der Waals surface area contributed by atoms with Crippen LogP contribution in [0.1, 0.15) is 24.0 Å². The maximum atomic E-state index is 12.1. The molecule has 0 atom stereocenters. The molecule has 1 saturated heterocycles. The van der Waals surface area contributed by atoms with Crippen LogP contribution >= 0.6 is 0 Å². The molecule has 132 valence electrons. The Morgan fingerprint density at radius 1 is 1.08 bits per heavy atom. The van der Waals surface area contributed by atoms with Crippen molar-refractivity contribution in [1.29, 1.82) is 0 Å². The van der Waals surface area contributed by atoms with E-state index in [1.165, 1.54) is 31.5 Å². The SMILES string of the molecule is COc1ccccc1NC(=O)NCc1cccc(CN2CCCC2)c1. The van der Waals surface area contributed by atoms with Gasteiger partial charge in [-0.05, 0) is 49.2 Å². The Bertz CT molecular complexity index is 712. The Kier molecular flexibility index (Phi) is 5.90. The van der Waals surface area contributed by atoms with Crippen LogP contribution in [0.4, 0.5) is 10.5 Å². The molecule has 0 bridgehead atoms. The number of hydrogen-bond acceptors (Lipinski definition) is 3. The average molecular weight is 339 g/mol. The molecule has 1 fully saturated rings. The zero-order valence-electron chi connectivity index (χ0n) is 14.6. The molecule has 1 aliphatic heterocycles. The number of likely N-dealkylation sites (tertiary alicyclic amines) is 1. The molecule has 0 unspecified atom stereocenters. The fourth-order valence-electron chi connectivity index (χ4n) is 3.13. The second kappa shape index (κ2) is 8.53. The Balaban J connectivity index is 1.53. The normalized spacial score (nSPS) is 14.3. The third kappa shape index (κ3) is 4.97. The lowest BCUT2D eigenvalue weighted by Gasteiger charge is -2.15. The van der Waals surface area contributed by atoms with E-state index in [0.29, 0.717) is 18.0 Å². The number of ether oxygens (including phenoxy) is 1. The number of amides is 2. The number of hydrogen-bond donors (Lipinski definition) is 2. The van der Waals surface area contributed by atoms with Crippen LogP contribution in [0.5, 0.6) is 5.75 Å². The summed E-state index contributed by atoms with van der Waals surface area (Å²) in [6.45, 7) is 3.85. The summed E-state index contributed by atoms with van der Waals surface area (Å²) in [4.78, 5) is 14.6. The van der Waals surface area contributed by atoms with Crippen LogP contribution in [-0.2, 0) is 13.1 Å². The van der Waals surface area contributed by atoms with Gasteiger partial charge < -0.3 is 15.4 Å². The Hall–Kier alpha value is -2.53. The van der Waals surface area contributed by atoms with Gasteiger partial charge in [0.25, 0.3) is 0 Å². The van der Waals surface area contributed by atoms with Crippen LogP contribution in [-0.4, -0.2) is 31.1 Å². The standard InChI is InChI=1S/C20H25N3O2/c1-25-19-10-3-2-9-18(19)22-20(24)21-14-16-7-6-8-17(13-16)15-23-11-4-5-12-23/h2-3,6-10,13H,4-5,11-12,14-15H2,1H3,(H2,21,22,24). The van der Waals surface area contributed by atoms with E-state index in [2.05, 4.69) is 33.7 Å². The molecule has 2 aromatic carbocycles. The Labute approximate surface area is 149 Å². The molecule has 0 radical (unpaired) electrons. The largest absolute Gasteiger partial charge is 0.495 e. The molecule has 2 N–H and O–H groups in total. The first-order chi connectivity index (χ1) is 12.2. The number of para-hydroxylation sites is 2. The molecular formula is C20H25N3O2. The number of urea groups is 1. The molecule has 25 heavy (non-hydrogen) atoms. The van der Waals surface area contributed by atoms with E-state index < -0.39 is 0 Å². The number of benzene rings is 2. The molecule has 0 aliphatic carbocycles. The van der Waals surface area contributed by atoms with Crippen molar-refractivity contribution in [3.63, 3.8) is 0 Å². The molecule has 0 aromatic heterocycles. The van der Waals surface area contributed by atoms with E-state index >= 15 is 0 Å². The van der Waals surface area contributed by atoms with Crippen LogP contribution in [0.3, 0.4) is 0 Å². The van der Waals surface area contributed by atoms with Gasteiger partial charge in [-0.2, -0.15) is 0 Å². The van der Waals surface area contributed by atoms with Crippen molar-refractivity contribution in [3.8, 4) is 5.75 Å². The lowest BCUT2D eigenvalue weighted by molar-refractivity contribution is 0.251. The molecule has 3 rings (SSSR count). The van der Waals surface area contributed by atoms with Gasteiger partial charge in [-0.1, -0.05) is 36.4 Å². The minimum absolute atomic E-state index is 0.241. The van der Waals surface area contributed by atoms with E-state index in [1.807, 2.05) is 30.3 Å². The summed E-state index contributed by atoms with van der Waals surface area (Å²) in [6.07, 6.45) is 2.59. The maximum Gasteiger partial charge on any atom is 0.319 e. The van der Waals surface area contributed by atoms with Crippen LogP contribution in [0.15, 0.2) is 48.5 Å². The summed E-state index contributed by atoms with van der Waals surface area (Å²) in [5.41, 5.74) is 3.06. The predicted octanol–water partition coefficient (Wildman–Crippen LogP) is 3.61. The number of rotatable bonds is 6. The molecule has 2 amide bonds. The highest BCUT2D eigenvalue weighted by Gasteiger charge is 2.12. The van der Waals surface area contributed by atoms with Gasteiger partial charge in [-0.3, -0.25) is 4.90 Å². The summed E-state index contributed by atoms with van der Waals surface area (Å²) in [6, 6.07) is 15.5. The quantitative estimate of drug-likeness (QED) is 0.845. The second-order valence-electron chi connectivity index (χ2n) is 6.31. The summed E-state index contributed by atoms with van der Waals surface area (Å²) < 4.78 is 5.24. The smallest absolute Gasteiger partial charge is 0.319 e. The summed E-state index contributed by atoms with van der Waals surface area (Å²) in [5, 5.41) is 5.72. The van der Waals surface area contributed by atoms with Crippen molar-refractivity contribution in [3.05, 3.63) is 59.7 Å². The lowest BCUT2D eigenvalue weighted by atomic mass is 10.1. The fourth-order valence-corrected chi connectivity index (χ4v) is 3.13. The third-order valence-corrected chi connectivity index (χ3v) is 4.40. The molecule has 1 aliphatic rings. The monoisotopic (exact) mass is 339 g/mol. The predicted molar refractivity (Wildman–Crippen MR) is 99.8 cm³/mol. The third-order valence-electron chi connectivity index (χ3n) is 4.40. The van der Waals surface area contributed by atoms with Crippen molar-refractivity contribution in [2.75, 3.05) is 25.5 Å². The van der Waals surface area contributed by atoms with Crippen molar-refractivity contribution >= 4 is 11.7 Å². The Morgan fingerprint density at radius 3 is 2.64 bits per heavy atom. The van der Waals surface area contributed by atoms with Gasteiger partial charge in [0, 0.05) is 13.1 Å². The first-order valence-electron chi connectivity index (χ1n) is 8.72. The van der Waals surface area contributed by atoms with Gasteiger partial charge in [0.1, 0.15) is 5.75 Å². The highest BCUT2D eigenvalue weighted by molar-refractivity contribution is 5.90. The first kappa shape index (κ1) is 17.3. The van der Waals surface area contributed by atoms with Crippen LogP contribution in [0.2, 0.25) is 0 Å². The number of carbonyl (C=O) groups is 1. The second-order valence-corrected chi connectivity index (χ2v) is 6.31. The molecule has 0 spiro atoms. The van der Waals surface area contributed by atoms with Crippen LogP contribution in [0, 0.1) is 0 Å². The van der Waals surface area contributed by atoms with Crippen LogP contribution < -0.4 is 15.4 Å². The molecular weight excluding hydrogens is 314 g/mol. The molecule has 1 heterocycles. The number of methoxy groups -OCH3 is 1. The first-order valence-corrected chi connectivity index (χ1v) is 8.72. The molecule has 2 aromatic rings. The topological polar surface area (TPSA) is 53.6 Å². The Morgan fingerprint density at radius 2 is 1.84 bits per heavy atom. The highest BCUT2D eigenvalue weighted by atomic mass is 16.5. The van der Waals surface area contributed by atoms with Gasteiger partial charge in [-0.25, -0.2) is 4.79 Å². The lowest BCUT2D eigenvalue weighted by Crippen LogP contribution is -2.28. The minimum atomic E-state index is -0.241. The summed E-state index contributed by atoms with van der Waals surface area (Å²) in [5.74, 6) is 0.644. The maximum absolute atomic E-state index is 12.1. The zero-order chi connectivity index (χ0) is 17.5. The van der Waals surface area contributed by atoms with Crippen molar-refractivity contribution < 1.29 is 9.53 Å². The van der Waals surface area contributed by atoms with E-state index in [0.717, 1.165) is 12.1 Å². The highest BCUT2D eigenvalue weighted by Crippen LogP contribution is 2.22.